The van der Waals surface area contributed by atoms with E-state index in [-0.39, 0.29) is 0 Å². The molecule has 5 heteroatoms. The Morgan fingerprint density at radius 3 is 3.00 bits per heavy atom. The Balaban J connectivity index is 1.63. The van der Waals surface area contributed by atoms with E-state index in [0.29, 0.717) is 6.10 Å². The van der Waals surface area contributed by atoms with Crippen LogP contribution in [0.2, 0.25) is 0 Å². The molecule has 1 saturated heterocycles. The average Bonchev–Trinajstić information content (AvgIpc) is 3.09. The van der Waals surface area contributed by atoms with Crippen LogP contribution in [0.5, 0.6) is 0 Å². The molecule has 0 amide bonds. The van der Waals surface area contributed by atoms with Crippen LogP contribution in [0.25, 0.3) is 11.4 Å². The van der Waals surface area contributed by atoms with Crippen LogP contribution in [0, 0.1) is 0 Å². The maximum absolute atomic E-state index is 5.58. The van der Waals surface area contributed by atoms with Gasteiger partial charge in [0.25, 0.3) is 0 Å². The molecule has 0 saturated carbocycles. The SMILES string of the molecule is c1ccc(-c2nc(SC[C@H]3CCCO3)n[nH]2)cc1. The summed E-state index contributed by atoms with van der Waals surface area (Å²) in [5.41, 5.74) is 1.06. The van der Waals surface area contributed by atoms with Gasteiger partial charge < -0.3 is 4.74 Å². The van der Waals surface area contributed by atoms with Crippen LogP contribution in [-0.2, 0) is 4.74 Å². The predicted octanol–water partition coefficient (Wildman–Crippen LogP) is 2.74. The fourth-order valence-electron chi connectivity index (χ4n) is 1.98. The number of thioether (sulfide) groups is 1. The first-order valence-corrected chi connectivity index (χ1v) is 7.12. The minimum atomic E-state index is 0.369. The molecular weight excluding hydrogens is 246 g/mol. The summed E-state index contributed by atoms with van der Waals surface area (Å²) in [7, 11) is 0. The third-order valence-corrected chi connectivity index (χ3v) is 3.91. The molecule has 0 radical (unpaired) electrons. The van der Waals surface area contributed by atoms with Crippen LogP contribution < -0.4 is 0 Å². The number of nitrogens with zero attached hydrogens (tertiary/aromatic N) is 2. The fourth-order valence-corrected chi connectivity index (χ4v) is 2.84. The first-order valence-electron chi connectivity index (χ1n) is 6.14. The molecule has 1 fully saturated rings. The monoisotopic (exact) mass is 261 g/mol. The number of nitrogens with one attached hydrogen (secondary N) is 1. The van der Waals surface area contributed by atoms with Crippen molar-refractivity contribution in [2.24, 2.45) is 0 Å². The molecule has 1 aromatic carbocycles. The van der Waals surface area contributed by atoms with Crippen molar-refractivity contribution >= 4 is 11.8 Å². The Hall–Kier alpha value is -1.33. The molecule has 4 nitrogen and oxygen atoms in total. The first-order chi connectivity index (χ1) is 8.92. The largest absolute Gasteiger partial charge is 0.377 e. The number of H-pyrrole nitrogens is 1. The highest BCUT2D eigenvalue weighted by Gasteiger charge is 2.16. The lowest BCUT2D eigenvalue weighted by Crippen LogP contribution is -2.07. The van der Waals surface area contributed by atoms with Crippen molar-refractivity contribution in [2.75, 3.05) is 12.4 Å². The molecule has 1 aromatic heterocycles. The van der Waals surface area contributed by atoms with Crippen molar-refractivity contribution in [1.82, 2.24) is 15.2 Å². The van der Waals surface area contributed by atoms with Crippen LogP contribution in [0.4, 0.5) is 0 Å². The highest BCUT2D eigenvalue weighted by atomic mass is 32.2. The van der Waals surface area contributed by atoms with Gasteiger partial charge in [0, 0.05) is 17.9 Å². The van der Waals surface area contributed by atoms with Crippen LogP contribution >= 0.6 is 11.8 Å². The molecule has 1 aliphatic rings. The van der Waals surface area contributed by atoms with E-state index in [1.54, 1.807) is 11.8 Å². The number of hydrogen-bond acceptors (Lipinski definition) is 4. The number of rotatable bonds is 4. The van der Waals surface area contributed by atoms with Gasteiger partial charge in [0.1, 0.15) is 0 Å². The molecular formula is C13H15N3OS. The summed E-state index contributed by atoms with van der Waals surface area (Å²) in [6.45, 7) is 0.897. The molecule has 1 aliphatic heterocycles. The van der Waals surface area contributed by atoms with Crippen molar-refractivity contribution in [2.45, 2.75) is 24.1 Å². The van der Waals surface area contributed by atoms with Crippen molar-refractivity contribution in [3.8, 4) is 11.4 Å². The molecule has 2 aromatic rings. The number of aromatic nitrogens is 3. The number of ether oxygens (including phenoxy) is 1. The van der Waals surface area contributed by atoms with E-state index in [2.05, 4.69) is 15.2 Å². The van der Waals surface area contributed by atoms with Crippen LogP contribution in [-0.4, -0.2) is 33.6 Å². The topological polar surface area (TPSA) is 50.8 Å². The van der Waals surface area contributed by atoms with Crippen molar-refractivity contribution in [1.29, 1.82) is 0 Å². The molecule has 2 heterocycles. The minimum Gasteiger partial charge on any atom is -0.377 e. The zero-order valence-electron chi connectivity index (χ0n) is 10.0. The molecule has 1 N–H and O–H groups in total. The lowest BCUT2D eigenvalue weighted by atomic mass is 10.2. The molecule has 0 aliphatic carbocycles. The summed E-state index contributed by atoms with van der Waals surface area (Å²) in [6.07, 6.45) is 2.70. The molecule has 0 spiro atoms. The lowest BCUT2D eigenvalue weighted by Gasteiger charge is -2.05. The van der Waals surface area contributed by atoms with Crippen molar-refractivity contribution in [3.05, 3.63) is 30.3 Å². The second kappa shape index (κ2) is 5.54. The number of aromatic amines is 1. The minimum absolute atomic E-state index is 0.369. The van der Waals surface area contributed by atoms with Gasteiger partial charge in [-0.05, 0) is 12.8 Å². The summed E-state index contributed by atoms with van der Waals surface area (Å²) in [5, 5.41) is 8.00. The molecule has 0 bridgehead atoms. The zero-order valence-corrected chi connectivity index (χ0v) is 10.8. The number of benzene rings is 1. The van der Waals surface area contributed by atoms with E-state index in [9.17, 15) is 0 Å². The Morgan fingerprint density at radius 2 is 2.22 bits per heavy atom. The standard InChI is InChI=1S/C13H15N3OS/c1-2-5-10(6-3-1)12-14-13(16-15-12)18-9-11-7-4-8-17-11/h1-3,5-6,11H,4,7-9H2,(H,14,15,16)/t11-/m1/s1. The third-order valence-electron chi connectivity index (χ3n) is 2.93. The van der Waals surface area contributed by atoms with Gasteiger partial charge >= 0.3 is 0 Å². The summed E-state index contributed by atoms with van der Waals surface area (Å²) in [6, 6.07) is 10.0. The highest BCUT2D eigenvalue weighted by molar-refractivity contribution is 7.99. The van der Waals surface area contributed by atoms with E-state index >= 15 is 0 Å². The van der Waals surface area contributed by atoms with Gasteiger partial charge in [0.05, 0.1) is 6.10 Å². The van der Waals surface area contributed by atoms with Gasteiger partial charge in [-0.15, -0.1) is 5.10 Å². The Labute approximate surface area is 110 Å². The normalized spacial score (nSPS) is 19.2. The molecule has 94 valence electrons. The third kappa shape index (κ3) is 2.73. The summed E-state index contributed by atoms with van der Waals surface area (Å²) < 4.78 is 5.58. The summed E-state index contributed by atoms with van der Waals surface area (Å²) in [4.78, 5) is 4.48. The lowest BCUT2D eigenvalue weighted by molar-refractivity contribution is 0.129. The van der Waals surface area contributed by atoms with Crippen LogP contribution in [0.15, 0.2) is 35.5 Å². The highest BCUT2D eigenvalue weighted by Crippen LogP contribution is 2.23. The molecule has 3 rings (SSSR count). The second-order valence-corrected chi connectivity index (χ2v) is 5.27. The maximum atomic E-state index is 5.58. The van der Waals surface area contributed by atoms with Gasteiger partial charge in [-0.3, -0.25) is 5.10 Å². The van der Waals surface area contributed by atoms with Crippen LogP contribution in [0.3, 0.4) is 0 Å². The predicted molar refractivity (Wildman–Crippen MR) is 71.5 cm³/mol. The molecule has 1 atom stereocenters. The van der Waals surface area contributed by atoms with Gasteiger partial charge in [-0.1, -0.05) is 42.1 Å². The smallest absolute Gasteiger partial charge is 0.208 e. The van der Waals surface area contributed by atoms with E-state index < -0.39 is 0 Å². The van der Waals surface area contributed by atoms with Gasteiger partial charge in [0.2, 0.25) is 5.16 Å². The van der Waals surface area contributed by atoms with E-state index in [4.69, 9.17) is 4.74 Å². The summed E-state index contributed by atoms with van der Waals surface area (Å²) in [5.74, 6) is 1.76. The average molecular weight is 261 g/mol. The van der Waals surface area contributed by atoms with Crippen molar-refractivity contribution < 1.29 is 4.74 Å². The van der Waals surface area contributed by atoms with Gasteiger partial charge in [0.15, 0.2) is 5.82 Å². The molecule has 18 heavy (non-hydrogen) atoms. The van der Waals surface area contributed by atoms with Gasteiger partial charge in [-0.25, -0.2) is 4.98 Å². The van der Waals surface area contributed by atoms with Crippen LogP contribution in [0.1, 0.15) is 12.8 Å². The summed E-state index contributed by atoms with van der Waals surface area (Å²) >= 11 is 1.65. The maximum Gasteiger partial charge on any atom is 0.208 e. The first kappa shape index (κ1) is 11.7. The van der Waals surface area contributed by atoms with Crippen molar-refractivity contribution in [3.63, 3.8) is 0 Å². The van der Waals surface area contributed by atoms with E-state index in [1.807, 2.05) is 30.3 Å². The van der Waals surface area contributed by atoms with E-state index in [1.165, 1.54) is 6.42 Å². The second-order valence-electron chi connectivity index (χ2n) is 4.28. The Bertz CT molecular complexity index is 494. The van der Waals surface area contributed by atoms with E-state index in [0.717, 1.165) is 35.3 Å². The fraction of sp³-hybridized carbons (Fsp3) is 0.385. The Kier molecular flexibility index (Phi) is 3.61. The quantitative estimate of drug-likeness (QED) is 0.860. The number of hydrogen-bond donors (Lipinski definition) is 1. The zero-order chi connectivity index (χ0) is 12.2. The van der Waals surface area contributed by atoms with Gasteiger partial charge in [-0.2, -0.15) is 0 Å². The molecule has 0 unspecified atom stereocenters. The Morgan fingerprint density at radius 1 is 1.33 bits per heavy atom.